The molecule has 0 bridgehead atoms. The van der Waals surface area contributed by atoms with Gasteiger partial charge in [-0.2, -0.15) is 0 Å². The minimum Gasteiger partial charge on any atom is -0.338 e. The van der Waals surface area contributed by atoms with E-state index in [4.69, 9.17) is 0 Å². The van der Waals surface area contributed by atoms with Gasteiger partial charge in [-0.25, -0.2) is 4.98 Å². The van der Waals surface area contributed by atoms with Crippen LogP contribution in [0.3, 0.4) is 0 Å². The third kappa shape index (κ3) is 5.30. The zero-order chi connectivity index (χ0) is 17.5. The number of hydrogen-bond donors (Lipinski definition) is 0. The van der Waals surface area contributed by atoms with Gasteiger partial charge in [0.05, 0.1) is 0 Å². The summed E-state index contributed by atoms with van der Waals surface area (Å²) in [7, 11) is 0. The van der Waals surface area contributed by atoms with Crippen LogP contribution in [0, 0.1) is 6.92 Å². The Hall–Kier alpha value is -1.36. The van der Waals surface area contributed by atoms with Crippen LogP contribution in [0.5, 0.6) is 0 Å². The van der Waals surface area contributed by atoms with Crippen LogP contribution in [0.15, 0.2) is 12.4 Å². The topological polar surface area (TPSA) is 41.4 Å². The van der Waals surface area contributed by atoms with E-state index in [1.54, 1.807) is 0 Å². The number of aryl methyl sites for hydroxylation is 2. The fraction of sp³-hybridized carbons (Fsp3) is 0.800. The van der Waals surface area contributed by atoms with Gasteiger partial charge in [-0.15, -0.1) is 0 Å². The molecule has 1 atom stereocenters. The van der Waals surface area contributed by atoms with Crippen LogP contribution in [0.1, 0.15) is 63.6 Å². The average Bonchev–Trinajstić information content (AvgIpc) is 2.86. The summed E-state index contributed by atoms with van der Waals surface area (Å²) in [5.41, 5.74) is 0. The monoisotopic (exact) mass is 346 g/mol. The lowest BCUT2D eigenvalue weighted by Crippen LogP contribution is -2.49. The summed E-state index contributed by atoms with van der Waals surface area (Å²) in [5.74, 6) is 1.39. The first-order valence-electron chi connectivity index (χ1n) is 10.2. The molecule has 1 aromatic rings. The van der Waals surface area contributed by atoms with Crippen molar-refractivity contribution in [2.75, 3.05) is 26.2 Å². The number of amides is 1. The quantitative estimate of drug-likeness (QED) is 0.794. The molecule has 0 aliphatic carbocycles. The summed E-state index contributed by atoms with van der Waals surface area (Å²) in [6.45, 7) is 7.40. The van der Waals surface area contributed by atoms with Gasteiger partial charge in [-0.1, -0.05) is 12.8 Å². The van der Waals surface area contributed by atoms with Crippen molar-refractivity contribution in [1.82, 2.24) is 19.4 Å². The summed E-state index contributed by atoms with van der Waals surface area (Å²) >= 11 is 0. The first-order chi connectivity index (χ1) is 12.2. The van der Waals surface area contributed by atoms with E-state index in [1.807, 2.05) is 19.3 Å². The number of nitrogens with zero attached hydrogens (tertiary/aromatic N) is 4. The summed E-state index contributed by atoms with van der Waals surface area (Å²) in [6, 6.07) is 0.439. The summed E-state index contributed by atoms with van der Waals surface area (Å²) < 4.78 is 2.14. The van der Waals surface area contributed by atoms with E-state index in [9.17, 15) is 4.79 Å². The lowest BCUT2D eigenvalue weighted by Gasteiger charge is -2.38. The number of piperidine rings is 1. The van der Waals surface area contributed by atoms with E-state index in [-0.39, 0.29) is 0 Å². The fourth-order valence-electron chi connectivity index (χ4n) is 4.32. The highest BCUT2D eigenvalue weighted by Crippen LogP contribution is 2.21. The normalized spacial score (nSPS) is 22.8. The lowest BCUT2D eigenvalue weighted by atomic mass is 10.0. The molecular weight excluding hydrogens is 312 g/mol. The molecule has 25 heavy (non-hydrogen) atoms. The van der Waals surface area contributed by atoms with Crippen molar-refractivity contribution in [3.05, 3.63) is 18.2 Å². The van der Waals surface area contributed by atoms with Gasteiger partial charge in [-0.3, -0.25) is 4.79 Å². The predicted octanol–water partition coefficient (Wildman–Crippen LogP) is 3.23. The molecule has 3 rings (SSSR count). The van der Waals surface area contributed by atoms with Crippen molar-refractivity contribution >= 4 is 5.91 Å². The van der Waals surface area contributed by atoms with E-state index in [2.05, 4.69) is 19.4 Å². The van der Waals surface area contributed by atoms with E-state index < -0.39 is 0 Å². The molecule has 2 saturated heterocycles. The summed E-state index contributed by atoms with van der Waals surface area (Å²) in [6.07, 6.45) is 14.4. The Morgan fingerprint density at radius 2 is 1.88 bits per heavy atom. The van der Waals surface area contributed by atoms with Crippen molar-refractivity contribution in [2.24, 2.45) is 0 Å². The minimum atomic E-state index is 0.359. The Labute approximate surface area is 152 Å². The zero-order valence-electron chi connectivity index (χ0n) is 15.8. The van der Waals surface area contributed by atoms with Crippen LogP contribution < -0.4 is 0 Å². The van der Waals surface area contributed by atoms with Gasteiger partial charge >= 0.3 is 0 Å². The number of imidazole rings is 1. The fourth-order valence-corrected chi connectivity index (χ4v) is 4.32. The number of carbonyl (C=O) groups is 1. The predicted molar refractivity (Wildman–Crippen MR) is 100 cm³/mol. The number of carbonyl (C=O) groups excluding carboxylic acids is 1. The van der Waals surface area contributed by atoms with E-state index in [0.29, 0.717) is 18.4 Å². The van der Waals surface area contributed by atoms with Crippen LogP contribution in [0.2, 0.25) is 0 Å². The van der Waals surface area contributed by atoms with E-state index in [1.165, 1.54) is 58.0 Å². The van der Waals surface area contributed by atoms with Crippen LogP contribution >= 0.6 is 0 Å². The van der Waals surface area contributed by atoms with Gasteiger partial charge < -0.3 is 14.4 Å². The smallest absolute Gasteiger partial charge is 0.222 e. The Morgan fingerprint density at radius 3 is 2.60 bits per heavy atom. The highest BCUT2D eigenvalue weighted by molar-refractivity contribution is 5.76. The van der Waals surface area contributed by atoms with Gasteiger partial charge in [-0.05, 0) is 58.5 Å². The standard InChI is InChI=1S/C20H34N4O/c1-18-21-11-16-23(18)14-8-10-20(25)24-15-7-4-9-19(24)17-22-12-5-2-3-6-13-22/h11,16,19H,2-10,12-15,17H2,1H3. The molecule has 0 saturated carbocycles. The SMILES string of the molecule is Cc1nccn1CCCC(=O)N1CCCCC1CN1CCCCCC1. The minimum absolute atomic E-state index is 0.359. The Kier molecular flexibility index (Phi) is 6.91. The van der Waals surface area contributed by atoms with Crippen LogP contribution in [0.25, 0.3) is 0 Å². The molecule has 3 heterocycles. The van der Waals surface area contributed by atoms with Gasteiger partial charge in [0.25, 0.3) is 0 Å². The molecule has 0 N–H and O–H groups in total. The maximum atomic E-state index is 12.8. The second kappa shape index (κ2) is 9.37. The maximum Gasteiger partial charge on any atom is 0.222 e. The van der Waals surface area contributed by atoms with Crippen LogP contribution in [-0.2, 0) is 11.3 Å². The van der Waals surface area contributed by atoms with Crippen molar-refractivity contribution in [3.8, 4) is 0 Å². The molecule has 1 unspecified atom stereocenters. The molecule has 5 heteroatoms. The molecule has 5 nitrogen and oxygen atoms in total. The zero-order valence-corrected chi connectivity index (χ0v) is 15.8. The second-order valence-corrected chi connectivity index (χ2v) is 7.72. The number of hydrogen-bond acceptors (Lipinski definition) is 3. The highest BCUT2D eigenvalue weighted by atomic mass is 16.2. The molecule has 2 fully saturated rings. The third-order valence-electron chi connectivity index (χ3n) is 5.83. The van der Waals surface area contributed by atoms with Crippen LogP contribution in [0.4, 0.5) is 0 Å². The molecule has 0 aromatic carbocycles. The van der Waals surface area contributed by atoms with Gasteiger partial charge in [0, 0.05) is 44.5 Å². The molecule has 1 amide bonds. The maximum absolute atomic E-state index is 12.8. The average molecular weight is 347 g/mol. The first-order valence-corrected chi connectivity index (χ1v) is 10.2. The van der Waals surface area contributed by atoms with Crippen molar-refractivity contribution in [3.63, 3.8) is 0 Å². The number of likely N-dealkylation sites (tertiary alicyclic amines) is 2. The molecular formula is C20H34N4O. The van der Waals surface area contributed by atoms with E-state index in [0.717, 1.165) is 31.9 Å². The van der Waals surface area contributed by atoms with E-state index >= 15 is 0 Å². The molecule has 2 aliphatic rings. The van der Waals surface area contributed by atoms with Gasteiger partial charge in [0.2, 0.25) is 5.91 Å². The summed E-state index contributed by atoms with van der Waals surface area (Å²) in [4.78, 5) is 21.9. The first kappa shape index (κ1) is 18.4. The molecule has 1 aromatic heterocycles. The summed E-state index contributed by atoms with van der Waals surface area (Å²) in [5, 5.41) is 0. The lowest BCUT2D eigenvalue weighted by molar-refractivity contribution is -0.135. The van der Waals surface area contributed by atoms with Crippen LogP contribution in [-0.4, -0.2) is 57.5 Å². The molecule has 2 aliphatic heterocycles. The molecule has 140 valence electrons. The van der Waals surface area contributed by atoms with Crippen molar-refractivity contribution < 1.29 is 4.79 Å². The number of rotatable bonds is 6. The Bertz CT molecular complexity index is 534. The molecule has 0 spiro atoms. The Balaban J connectivity index is 1.48. The second-order valence-electron chi connectivity index (χ2n) is 7.72. The van der Waals surface area contributed by atoms with Crippen molar-refractivity contribution in [1.29, 1.82) is 0 Å². The highest BCUT2D eigenvalue weighted by Gasteiger charge is 2.28. The largest absolute Gasteiger partial charge is 0.338 e. The van der Waals surface area contributed by atoms with Crippen molar-refractivity contribution in [2.45, 2.75) is 77.3 Å². The van der Waals surface area contributed by atoms with Gasteiger partial charge in [0.1, 0.15) is 5.82 Å². The molecule has 0 radical (unpaired) electrons. The Morgan fingerprint density at radius 1 is 1.12 bits per heavy atom. The number of aromatic nitrogens is 2. The third-order valence-corrected chi connectivity index (χ3v) is 5.83. The van der Waals surface area contributed by atoms with Gasteiger partial charge in [0.15, 0.2) is 0 Å².